The number of unbranched alkanes of at least 4 members (excludes halogenated alkanes) is 1. The van der Waals surface area contributed by atoms with Gasteiger partial charge in [0.25, 0.3) is 0 Å². The van der Waals surface area contributed by atoms with E-state index in [0.717, 1.165) is 62.2 Å². The minimum atomic E-state index is 0.669. The second-order valence-electron chi connectivity index (χ2n) is 9.45. The molecule has 0 amide bonds. The zero-order valence-corrected chi connectivity index (χ0v) is 21.4. The van der Waals surface area contributed by atoms with Crippen LogP contribution in [-0.2, 0) is 19.4 Å². The van der Waals surface area contributed by atoms with Gasteiger partial charge < -0.3 is 23.8 Å². The van der Waals surface area contributed by atoms with Crippen LogP contribution in [0.3, 0.4) is 0 Å². The van der Waals surface area contributed by atoms with Crippen LogP contribution in [-0.4, -0.2) is 72.8 Å². The second kappa shape index (κ2) is 12.8. The van der Waals surface area contributed by atoms with Crippen molar-refractivity contribution in [1.29, 1.82) is 0 Å². The Kier molecular flexibility index (Phi) is 9.21. The molecule has 0 spiro atoms. The third-order valence-corrected chi connectivity index (χ3v) is 6.85. The number of aromatic nitrogens is 2. The van der Waals surface area contributed by atoms with E-state index >= 15 is 0 Å². The van der Waals surface area contributed by atoms with Crippen LogP contribution in [0.5, 0.6) is 11.5 Å². The first-order valence-corrected chi connectivity index (χ1v) is 12.9. The lowest BCUT2D eigenvalue weighted by Crippen LogP contribution is -2.44. The molecule has 0 bridgehead atoms. The lowest BCUT2D eigenvalue weighted by atomic mass is 10.1. The fourth-order valence-corrected chi connectivity index (χ4v) is 4.78. The van der Waals surface area contributed by atoms with E-state index in [9.17, 15) is 0 Å². The normalized spacial score (nSPS) is 14.9. The summed E-state index contributed by atoms with van der Waals surface area (Å²) in [6, 6.07) is 14.6. The number of methoxy groups -OCH3 is 1. The molecule has 1 fully saturated rings. The summed E-state index contributed by atoms with van der Waals surface area (Å²) in [6.45, 7) is 11.3. The summed E-state index contributed by atoms with van der Waals surface area (Å²) in [6.07, 6.45) is 6.92. The first-order valence-electron chi connectivity index (χ1n) is 12.9. The quantitative estimate of drug-likeness (QED) is 0.262. The van der Waals surface area contributed by atoms with Crippen LogP contribution < -0.4 is 9.47 Å². The van der Waals surface area contributed by atoms with Gasteiger partial charge >= 0.3 is 0 Å². The van der Waals surface area contributed by atoms with Crippen molar-refractivity contribution in [2.75, 3.05) is 53.5 Å². The van der Waals surface area contributed by atoms with Gasteiger partial charge in [0.05, 0.1) is 24.8 Å². The highest BCUT2D eigenvalue weighted by molar-refractivity contribution is 5.75. The maximum Gasteiger partial charge on any atom is 0.161 e. The van der Waals surface area contributed by atoms with Gasteiger partial charge in [0.1, 0.15) is 5.82 Å². The van der Waals surface area contributed by atoms with Crippen LogP contribution in [0.15, 0.2) is 55.1 Å². The number of fused-ring (bicyclic) bond motifs is 1. The van der Waals surface area contributed by atoms with E-state index < -0.39 is 0 Å². The Morgan fingerprint density at radius 2 is 1.80 bits per heavy atom. The van der Waals surface area contributed by atoms with Gasteiger partial charge in [-0.1, -0.05) is 24.3 Å². The summed E-state index contributed by atoms with van der Waals surface area (Å²) >= 11 is 0. The molecule has 4 rings (SSSR count). The van der Waals surface area contributed by atoms with Crippen LogP contribution in [0.4, 0.5) is 0 Å². The molecular formula is C29H40N4O2. The van der Waals surface area contributed by atoms with E-state index in [2.05, 4.69) is 58.3 Å². The van der Waals surface area contributed by atoms with Gasteiger partial charge in [-0.3, -0.25) is 0 Å². The second-order valence-corrected chi connectivity index (χ2v) is 9.45. The lowest BCUT2D eigenvalue weighted by molar-refractivity contribution is 0.152. The summed E-state index contributed by atoms with van der Waals surface area (Å²) in [5, 5.41) is 0. The van der Waals surface area contributed by atoms with Crippen LogP contribution >= 0.6 is 0 Å². The summed E-state index contributed by atoms with van der Waals surface area (Å²) < 4.78 is 14.0. The molecule has 0 unspecified atom stereocenters. The number of piperazine rings is 1. The molecule has 6 heteroatoms. The average molecular weight is 477 g/mol. The SMILES string of the molecule is C=CCc1ccc(OCCCCn2c(CCCN3CCN(C)CC3)nc3ccccc32)c(OC)c1. The predicted molar refractivity (Wildman–Crippen MR) is 144 cm³/mol. The first-order chi connectivity index (χ1) is 17.2. The number of aryl methyl sites for hydroxylation is 2. The number of rotatable bonds is 13. The van der Waals surface area contributed by atoms with Crippen molar-refractivity contribution in [1.82, 2.24) is 19.4 Å². The molecule has 0 saturated carbocycles. The lowest BCUT2D eigenvalue weighted by Gasteiger charge is -2.32. The van der Waals surface area contributed by atoms with Gasteiger partial charge in [-0.05, 0) is 69.1 Å². The molecule has 0 atom stereocenters. The van der Waals surface area contributed by atoms with Crippen molar-refractivity contribution < 1.29 is 9.47 Å². The first kappa shape index (κ1) is 25.3. The number of imidazole rings is 1. The van der Waals surface area contributed by atoms with Crippen LogP contribution in [0.2, 0.25) is 0 Å². The number of para-hydroxylation sites is 2. The smallest absolute Gasteiger partial charge is 0.161 e. The molecule has 35 heavy (non-hydrogen) atoms. The largest absolute Gasteiger partial charge is 0.493 e. The van der Waals surface area contributed by atoms with Crippen molar-refractivity contribution >= 4 is 11.0 Å². The van der Waals surface area contributed by atoms with Gasteiger partial charge in [-0.2, -0.15) is 0 Å². The number of benzene rings is 2. The topological polar surface area (TPSA) is 42.8 Å². The third-order valence-electron chi connectivity index (χ3n) is 6.85. The molecule has 1 aromatic heterocycles. The Morgan fingerprint density at radius 3 is 2.60 bits per heavy atom. The summed E-state index contributed by atoms with van der Waals surface area (Å²) in [7, 11) is 3.90. The molecule has 188 valence electrons. The summed E-state index contributed by atoms with van der Waals surface area (Å²) in [5.41, 5.74) is 3.52. The van der Waals surface area contributed by atoms with Crippen LogP contribution in [0.25, 0.3) is 11.0 Å². The molecule has 1 saturated heterocycles. The minimum absolute atomic E-state index is 0.669. The minimum Gasteiger partial charge on any atom is -0.493 e. The maximum atomic E-state index is 6.05. The monoisotopic (exact) mass is 476 g/mol. The Bertz CT molecular complexity index is 1090. The van der Waals surface area contributed by atoms with Crippen molar-refractivity contribution in [3.8, 4) is 11.5 Å². The molecule has 2 heterocycles. The van der Waals surface area contributed by atoms with E-state index in [1.165, 1.54) is 43.1 Å². The van der Waals surface area contributed by atoms with Crippen molar-refractivity contribution in [3.63, 3.8) is 0 Å². The Morgan fingerprint density at radius 1 is 0.971 bits per heavy atom. The zero-order chi connectivity index (χ0) is 24.5. The van der Waals surface area contributed by atoms with Gasteiger partial charge in [0.15, 0.2) is 11.5 Å². The number of ether oxygens (including phenoxy) is 2. The van der Waals surface area contributed by atoms with Crippen molar-refractivity contribution in [3.05, 3.63) is 66.5 Å². The van der Waals surface area contributed by atoms with Crippen molar-refractivity contribution in [2.24, 2.45) is 0 Å². The number of hydrogen-bond donors (Lipinski definition) is 0. The fraction of sp³-hybridized carbons (Fsp3) is 0.483. The predicted octanol–water partition coefficient (Wildman–Crippen LogP) is 4.81. The van der Waals surface area contributed by atoms with E-state index in [4.69, 9.17) is 14.5 Å². The Labute approximate surface area is 210 Å². The van der Waals surface area contributed by atoms with E-state index in [1.807, 2.05) is 18.2 Å². The molecule has 0 radical (unpaired) electrons. The highest BCUT2D eigenvalue weighted by Gasteiger charge is 2.15. The fourth-order valence-electron chi connectivity index (χ4n) is 4.78. The molecule has 1 aliphatic heterocycles. The summed E-state index contributed by atoms with van der Waals surface area (Å²) in [5.74, 6) is 2.80. The number of allylic oxidation sites excluding steroid dienone is 1. The average Bonchev–Trinajstić information content (AvgIpc) is 3.23. The molecule has 3 aromatic rings. The van der Waals surface area contributed by atoms with Gasteiger partial charge in [-0.15, -0.1) is 6.58 Å². The maximum absolute atomic E-state index is 6.05. The van der Waals surface area contributed by atoms with Crippen LogP contribution in [0.1, 0.15) is 30.7 Å². The molecule has 2 aromatic carbocycles. The van der Waals surface area contributed by atoms with E-state index in [0.29, 0.717) is 6.61 Å². The van der Waals surface area contributed by atoms with Crippen LogP contribution in [0, 0.1) is 0 Å². The summed E-state index contributed by atoms with van der Waals surface area (Å²) in [4.78, 5) is 9.98. The Hall–Kier alpha value is -2.83. The molecular weight excluding hydrogens is 436 g/mol. The van der Waals surface area contributed by atoms with E-state index in [-0.39, 0.29) is 0 Å². The highest BCUT2D eigenvalue weighted by atomic mass is 16.5. The van der Waals surface area contributed by atoms with Crippen molar-refractivity contribution in [2.45, 2.75) is 38.6 Å². The number of nitrogens with zero attached hydrogens (tertiary/aromatic N) is 4. The van der Waals surface area contributed by atoms with Gasteiger partial charge in [0.2, 0.25) is 0 Å². The zero-order valence-electron chi connectivity index (χ0n) is 21.4. The number of likely N-dealkylation sites (N-methyl/N-ethyl adjacent to an activating group) is 1. The highest BCUT2D eigenvalue weighted by Crippen LogP contribution is 2.28. The third kappa shape index (κ3) is 6.86. The van der Waals surface area contributed by atoms with Gasteiger partial charge in [0, 0.05) is 39.1 Å². The van der Waals surface area contributed by atoms with E-state index in [1.54, 1.807) is 7.11 Å². The Balaban J connectivity index is 1.29. The number of hydrogen-bond acceptors (Lipinski definition) is 5. The molecule has 0 N–H and O–H groups in total. The molecule has 6 nitrogen and oxygen atoms in total. The standard InChI is InChI=1S/C29H40N4O2/c1-4-10-24-14-15-27(28(23-24)34-3)35-22-8-7-17-33-26-12-6-5-11-25(26)30-29(33)13-9-16-32-20-18-31(2)19-21-32/h4-6,11-12,14-15,23H,1,7-10,13,16-22H2,2-3H3. The molecule has 0 aliphatic carbocycles. The van der Waals surface area contributed by atoms with Gasteiger partial charge in [-0.25, -0.2) is 4.98 Å². The molecule has 1 aliphatic rings.